The zero-order valence-corrected chi connectivity index (χ0v) is 5.12. The van der Waals surface area contributed by atoms with E-state index in [2.05, 4.69) is 4.99 Å². The predicted octanol–water partition coefficient (Wildman–Crippen LogP) is 1.07. The summed E-state index contributed by atoms with van der Waals surface area (Å²) in [4.78, 5) is 3.88. The van der Waals surface area contributed by atoms with Gasteiger partial charge in [-0.3, -0.25) is 0 Å². The van der Waals surface area contributed by atoms with Gasteiger partial charge in [0.15, 0.2) is 0 Å². The van der Waals surface area contributed by atoms with Gasteiger partial charge in [0, 0.05) is 21.0 Å². The number of hydrogen-bond acceptors (Lipinski definition) is 2. The molecule has 0 fully saturated rings. The molecule has 0 spiro atoms. The largest absolute Gasteiger partial charge is 0.387 e. The van der Waals surface area contributed by atoms with Crippen LogP contribution >= 0.6 is 0 Å². The van der Waals surface area contributed by atoms with Crippen LogP contribution in [0.5, 0.6) is 0 Å². The Labute approximate surface area is 64.1 Å². The molecule has 0 atom stereocenters. The summed E-state index contributed by atoms with van der Waals surface area (Å²) in [6.07, 6.45) is 8.23. The molecular weight excluding hydrogens is 123 g/mol. The third-order valence-electron chi connectivity index (χ3n) is 0.901. The second-order valence-corrected chi connectivity index (χ2v) is 1.59. The average molecular weight is 135 g/mol. The second-order valence-electron chi connectivity index (χ2n) is 1.59. The Balaban J connectivity index is 0. The van der Waals surface area contributed by atoms with Gasteiger partial charge in [0.1, 0.15) is 5.84 Å². The Bertz CT molecular complexity index is 159. The Morgan fingerprint density at radius 3 is 2.80 bits per heavy atom. The fourth-order valence-corrected chi connectivity index (χ4v) is 0.509. The molecular formula is C7H12BN2. The van der Waals surface area contributed by atoms with Crippen LogP contribution in [0.25, 0.3) is 0 Å². The highest BCUT2D eigenvalue weighted by molar-refractivity contribution is 5.82. The van der Waals surface area contributed by atoms with E-state index in [1.54, 1.807) is 6.20 Å². The van der Waals surface area contributed by atoms with Crippen LogP contribution in [-0.2, 0) is 0 Å². The Kier molecular flexibility index (Phi) is 7.23. The van der Waals surface area contributed by atoms with Crippen molar-refractivity contribution in [1.82, 2.24) is 0 Å². The molecule has 0 amide bonds. The van der Waals surface area contributed by atoms with Crippen molar-refractivity contribution in [3.05, 3.63) is 24.4 Å². The summed E-state index contributed by atoms with van der Waals surface area (Å²) in [5.74, 6) is 0.676. The Morgan fingerprint density at radius 1 is 1.40 bits per heavy atom. The van der Waals surface area contributed by atoms with Crippen LogP contribution < -0.4 is 5.73 Å². The van der Waals surface area contributed by atoms with Gasteiger partial charge in [0.05, 0.1) is 0 Å². The first kappa shape index (κ1) is 11.8. The maximum Gasteiger partial charge on any atom is 0.103 e. The van der Waals surface area contributed by atoms with Crippen molar-refractivity contribution in [1.29, 1.82) is 0 Å². The van der Waals surface area contributed by atoms with Crippen LogP contribution in [-0.4, -0.2) is 14.2 Å². The van der Waals surface area contributed by atoms with Gasteiger partial charge in [0.25, 0.3) is 0 Å². The molecule has 3 heteroatoms. The van der Waals surface area contributed by atoms with Crippen molar-refractivity contribution in [2.75, 3.05) is 0 Å². The summed E-state index contributed by atoms with van der Waals surface area (Å²) >= 11 is 0. The highest BCUT2D eigenvalue weighted by atomic mass is 14.8. The third-order valence-corrected chi connectivity index (χ3v) is 0.901. The molecule has 0 saturated heterocycles. The smallest absolute Gasteiger partial charge is 0.103 e. The molecule has 0 aromatic carbocycles. The fourth-order valence-electron chi connectivity index (χ4n) is 0.509. The minimum Gasteiger partial charge on any atom is -0.387 e. The van der Waals surface area contributed by atoms with E-state index in [9.17, 15) is 0 Å². The summed E-state index contributed by atoms with van der Waals surface area (Å²) in [7, 11) is 0. The van der Waals surface area contributed by atoms with E-state index < -0.39 is 0 Å². The molecule has 10 heavy (non-hydrogen) atoms. The molecule has 0 aromatic rings. The number of rotatable bonds is 0. The van der Waals surface area contributed by atoms with E-state index in [-0.39, 0.29) is 15.8 Å². The third kappa shape index (κ3) is 3.95. The summed E-state index contributed by atoms with van der Waals surface area (Å²) in [6.45, 7) is 0. The molecule has 2 N–H and O–H groups in total. The van der Waals surface area contributed by atoms with E-state index in [0.29, 0.717) is 5.84 Å². The fraction of sp³-hybridized carbons (Fsp3) is 0.286. The molecule has 1 rings (SSSR count). The predicted molar refractivity (Wildman–Crippen MR) is 47.0 cm³/mol. The quantitative estimate of drug-likeness (QED) is 0.495. The first-order chi connectivity index (χ1) is 3.89. The van der Waals surface area contributed by atoms with E-state index >= 15 is 0 Å². The molecule has 0 saturated carbocycles. The van der Waals surface area contributed by atoms with Gasteiger partial charge in [0.2, 0.25) is 0 Å². The minimum absolute atomic E-state index is 0. The molecule has 0 aliphatic carbocycles. The van der Waals surface area contributed by atoms with Crippen molar-refractivity contribution in [3.8, 4) is 0 Å². The number of hydrogen-bond donors (Lipinski definition) is 1. The molecule has 0 aromatic heterocycles. The van der Waals surface area contributed by atoms with Crippen molar-refractivity contribution >= 4 is 14.2 Å². The SMILES string of the molecule is C.NC1=NC=CC=CC1.[B]. The second kappa shape index (κ2) is 6.14. The van der Waals surface area contributed by atoms with E-state index in [0.717, 1.165) is 6.42 Å². The monoisotopic (exact) mass is 135 g/mol. The molecule has 1 aliphatic heterocycles. The zero-order chi connectivity index (χ0) is 5.82. The zero-order valence-electron chi connectivity index (χ0n) is 5.12. The normalized spacial score (nSPS) is 14.2. The first-order valence-corrected chi connectivity index (χ1v) is 2.53. The highest BCUT2D eigenvalue weighted by Crippen LogP contribution is 1.90. The van der Waals surface area contributed by atoms with Crippen LogP contribution in [0.2, 0.25) is 0 Å². The van der Waals surface area contributed by atoms with Crippen LogP contribution in [0.4, 0.5) is 0 Å². The van der Waals surface area contributed by atoms with Crippen LogP contribution in [0.1, 0.15) is 13.8 Å². The minimum atomic E-state index is 0. The lowest BCUT2D eigenvalue weighted by atomic mass is 10.4. The summed E-state index contributed by atoms with van der Waals surface area (Å²) < 4.78 is 0. The van der Waals surface area contributed by atoms with Gasteiger partial charge in [-0.1, -0.05) is 19.6 Å². The van der Waals surface area contributed by atoms with Crippen LogP contribution in [0, 0.1) is 0 Å². The highest BCUT2D eigenvalue weighted by Gasteiger charge is 1.85. The van der Waals surface area contributed by atoms with E-state index in [1.807, 2.05) is 18.2 Å². The lowest BCUT2D eigenvalue weighted by molar-refractivity contribution is 1.37. The maximum absolute atomic E-state index is 5.38. The number of aliphatic imine (C=N–C) groups is 1. The standard InChI is InChI=1S/C6H8N2.CH4.B/c7-6-4-2-1-3-5-8-6;;/h1-3,5H,4H2,(H2,7,8);1H4;. The van der Waals surface area contributed by atoms with Crippen LogP contribution in [0.3, 0.4) is 0 Å². The van der Waals surface area contributed by atoms with Crippen molar-refractivity contribution < 1.29 is 0 Å². The molecule has 1 aliphatic rings. The lowest BCUT2D eigenvalue weighted by Crippen LogP contribution is -2.08. The molecule has 53 valence electrons. The molecule has 0 bridgehead atoms. The van der Waals surface area contributed by atoms with Crippen molar-refractivity contribution in [2.45, 2.75) is 13.8 Å². The van der Waals surface area contributed by atoms with Crippen molar-refractivity contribution in [3.63, 3.8) is 0 Å². The van der Waals surface area contributed by atoms with Crippen LogP contribution in [0.15, 0.2) is 29.4 Å². The Morgan fingerprint density at radius 2 is 2.10 bits per heavy atom. The van der Waals surface area contributed by atoms with Gasteiger partial charge in [-0.25, -0.2) is 4.99 Å². The topological polar surface area (TPSA) is 38.4 Å². The number of allylic oxidation sites excluding steroid dienone is 2. The van der Waals surface area contributed by atoms with E-state index in [4.69, 9.17) is 5.73 Å². The van der Waals surface area contributed by atoms with Crippen molar-refractivity contribution in [2.24, 2.45) is 10.7 Å². The van der Waals surface area contributed by atoms with Gasteiger partial charge < -0.3 is 5.73 Å². The van der Waals surface area contributed by atoms with Gasteiger partial charge in [-0.15, -0.1) is 0 Å². The Hall–Kier alpha value is -0.985. The summed E-state index contributed by atoms with van der Waals surface area (Å²) in [5.41, 5.74) is 5.38. The first-order valence-electron chi connectivity index (χ1n) is 2.53. The maximum atomic E-state index is 5.38. The molecule has 2 nitrogen and oxygen atoms in total. The number of nitrogens with zero attached hydrogens (tertiary/aromatic N) is 1. The molecule has 3 radical (unpaired) electrons. The molecule has 0 unspecified atom stereocenters. The number of nitrogens with two attached hydrogens (primary N) is 1. The van der Waals surface area contributed by atoms with Gasteiger partial charge in [-0.05, 0) is 6.08 Å². The lowest BCUT2D eigenvalue weighted by Gasteiger charge is -1.86. The summed E-state index contributed by atoms with van der Waals surface area (Å²) in [5, 5.41) is 0. The van der Waals surface area contributed by atoms with Gasteiger partial charge in [-0.2, -0.15) is 0 Å². The van der Waals surface area contributed by atoms with E-state index in [1.165, 1.54) is 0 Å². The number of amidine groups is 1. The molecule has 1 heterocycles. The summed E-state index contributed by atoms with van der Waals surface area (Å²) in [6, 6.07) is 0. The van der Waals surface area contributed by atoms with Gasteiger partial charge >= 0.3 is 0 Å². The average Bonchev–Trinajstić information content (AvgIpc) is 1.94.